The molecular weight excluding hydrogens is 433 g/mol. The number of piperazine rings is 1. The molecule has 1 aromatic heterocycles. The average molecular weight is 456 g/mol. The highest BCUT2D eigenvalue weighted by atomic mass is 35.5. The van der Waals surface area contributed by atoms with Crippen molar-refractivity contribution in [2.24, 2.45) is 0 Å². The zero-order valence-corrected chi connectivity index (χ0v) is 18.3. The van der Waals surface area contributed by atoms with Crippen molar-refractivity contribution >= 4 is 29.1 Å². The highest BCUT2D eigenvalue weighted by Crippen LogP contribution is 2.21. The van der Waals surface area contributed by atoms with Gasteiger partial charge in [-0.1, -0.05) is 23.7 Å². The molecule has 166 valence electrons. The quantitative estimate of drug-likeness (QED) is 0.640. The molecule has 2 heterocycles. The summed E-state index contributed by atoms with van der Waals surface area (Å²) in [5.74, 6) is -0.571. The van der Waals surface area contributed by atoms with Gasteiger partial charge in [-0.15, -0.1) is 0 Å². The van der Waals surface area contributed by atoms with Gasteiger partial charge in [0.25, 0.3) is 5.91 Å². The summed E-state index contributed by atoms with van der Waals surface area (Å²) < 4.78 is 14.8. The van der Waals surface area contributed by atoms with Crippen LogP contribution in [0.3, 0.4) is 0 Å². The fourth-order valence-electron chi connectivity index (χ4n) is 3.70. The first kappa shape index (κ1) is 22.0. The Morgan fingerprint density at radius 2 is 1.75 bits per heavy atom. The van der Waals surface area contributed by atoms with Crippen molar-refractivity contribution in [3.63, 3.8) is 0 Å². The number of nitrogens with zero attached hydrogens (tertiary/aromatic N) is 4. The summed E-state index contributed by atoms with van der Waals surface area (Å²) in [4.78, 5) is 29.1. The molecule has 0 aliphatic carbocycles. The Labute approximate surface area is 190 Å². The van der Waals surface area contributed by atoms with E-state index in [2.05, 4.69) is 10.4 Å². The van der Waals surface area contributed by atoms with Crippen molar-refractivity contribution < 1.29 is 14.0 Å². The van der Waals surface area contributed by atoms with Gasteiger partial charge in [0.1, 0.15) is 5.82 Å². The molecular formula is C23H23ClFN5O2. The van der Waals surface area contributed by atoms with E-state index < -0.39 is 0 Å². The lowest BCUT2D eigenvalue weighted by molar-refractivity contribution is -0.117. The van der Waals surface area contributed by atoms with E-state index in [1.165, 1.54) is 12.1 Å². The molecule has 7 nitrogen and oxygen atoms in total. The Morgan fingerprint density at radius 3 is 2.44 bits per heavy atom. The smallest absolute Gasteiger partial charge is 0.257 e. The number of carbonyl (C=O) groups excluding carboxylic acids is 2. The van der Waals surface area contributed by atoms with Crippen molar-refractivity contribution in [2.45, 2.75) is 6.92 Å². The van der Waals surface area contributed by atoms with Gasteiger partial charge in [0.15, 0.2) is 0 Å². The van der Waals surface area contributed by atoms with E-state index in [1.54, 1.807) is 46.1 Å². The van der Waals surface area contributed by atoms with Gasteiger partial charge in [-0.25, -0.2) is 9.07 Å². The minimum Gasteiger partial charge on any atom is -0.336 e. The maximum Gasteiger partial charge on any atom is 0.257 e. The molecule has 0 atom stereocenters. The molecule has 1 saturated heterocycles. The van der Waals surface area contributed by atoms with Crippen molar-refractivity contribution in [1.82, 2.24) is 19.6 Å². The molecule has 1 fully saturated rings. The summed E-state index contributed by atoms with van der Waals surface area (Å²) in [6.45, 7) is 4.26. The monoisotopic (exact) mass is 455 g/mol. The Balaban J connectivity index is 1.33. The number of nitrogens with one attached hydrogen (secondary N) is 1. The van der Waals surface area contributed by atoms with E-state index in [1.807, 2.05) is 17.9 Å². The first-order chi connectivity index (χ1) is 15.4. The first-order valence-electron chi connectivity index (χ1n) is 10.3. The molecule has 9 heteroatoms. The lowest BCUT2D eigenvalue weighted by Gasteiger charge is -2.34. The van der Waals surface area contributed by atoms with E-state index in [0.29, 0.717) is 53.8 Å². The number of carbonyl (C=O) groups is 2. The molecule has 1 aliphatic heterocycles. The molecule has 2 amide bonds. The van der Waals surface area contributed by atoms with E-state index in [4.69, 9.17) is 11.6 Å². The van der Waals surface area contributed by atoms with Crippen LogP contribution in [0.1, 0.15) is 16.1 Å². The van der Waals surface area contributed by atoms with Crippen LogP contribution in [-0.4, -0.2) is 64.1 Å². The Kier molecular flexibility index (Phi) is 6.53. The predicted molar refractivity (Wildman–Crippen MR) is 121 cm³/mol. The van der Waals surface area contributed by atoms with Crippen LogP contribution in [-0.2, 0) is 4.79 Å². The number of para-hydroxylation sites is 1. The maximum absolute atomic E-state index is 13.2. The number of aromatic nitrogens is 2. The third kappa shape index (κ3) is 4.81. The number of rotatable bonds is 5. The van der Waals surface area contributed by atoms with Crippen LogP contribution in [0, 0.1) is 12.7 Å². The molecule has 2 aromatic carbocycles. The zero-order chi connectivity index (χ0) is 22.7. The van der Waals surface area contributed by atoms with Gasteiger partial charge in [-0.05, 0) is 43.3 Å². The van der Waals surface area contributed by atoms with E-state index >= 15 is 0 Å². The highest BCUT2D eigenvalue weighted by molar-refractivity contribution is 6.33. The summed E-state index contributed by atoms with van der Waals surface area (Å²) in [5, 5.41) is 7.62. The predicted octanol–water partition coefficient (Wildman–Crippen LogP) is 3.37. The topological polar surface area (TPSA) is 70.5 Å². The SMILES string of the molecule is Cc1c(C(=O)N2CCN(CC(=O)Nc3ccccc3Cl)CC2)cnn1-c1ccc(F)cc1. The van der Waals surface area contributed by atoms with Crippen LogP contribution in [0.4, 0.5) is 10.1 Å². The molecule has 0 spiro atoms. The van der Waals surface area contributed by atoms with Crippen molar-refractivity contribution in [3.8, 4) is 5.69 Å². The lowest BCUT2D eigenvalue weighted by atomic mass is 10.2. The van der Waals surface area contributed by atoms with Gasteiger partial charge in [0, 0.05) is 26.2 Å². The number of anilines is 1. The minimum absolute atomic E-state index is 0.101. The second-order valence-corrected chi connectivity index (χ2v) is 8.04. The fourth-order valence-corrected chi connectivity index (χ4v) is 3.88. The van der Waals surface area contributed by atoms with Gasteiger partial charge >= 0.3 is 0 Å². The Bertz CT molecular complexity index is 1120. The molecule has 0 bridgehead atoms. The fraction of sp³-hybridized carbons (Fsp3) is 0.261. The maximum atomic E-state index is 13.2. The van der Waals surface area contributed by atoms with Crippen molar-refractivity contribution in [1.29, 1.82) is 0 Å². The van der Waals surface area contributed by atoms with Gasteiger partial charge < -0.3 is 10.2 Å². The standard InChI is InChI=1S/C23H23ClFN5O2/c1-16-19(14-26-30(16)18-8-6-17(25)7-9-18)23(32)29-12-10-28(11-13-29)15-22(31)27-21-5-3-2-4-20(21)24/h2-9,14H,10-13,15H2,1H3,(H,27,31). The summed E-state index contributed by atoms with van der Waals surface area (Å²) in [6, 6.07) is 13.1. The van der Waals surface area contributed by atoms with Crippen LogP contribution in [0.15, 0.2) is 54.7 Å². The normalized spacial score (nSPS) is 14.4. The Morgan fingerprint density at radius 1 is 1.06 bits per heavy atom. The van der Waals surface area contributed by atoms with Crippen molar-refractivity contribution in [3.05, 3.63) is 76.8 Å². The second-order valence-electron chi connectivity index (χ2n) is 7.63. The van der Waals surface area contributed by atoms with E-state index in [-0.39, 0.29) is 24.2 Å². The van der Waals surface area contributed by atoms with Crippen LogP contribution in [0.25, 0.3) is 5.69 Å². The summed E-state index contributed by atoms with van der Waals surface area (Å²) in [5.41, 5.74) is 2.49. The first-order valence-corrected chi connectivity index (χ1v) is 10.7. The second kappa shape index (κ2) is 9.50. The van der Waals surface area contributed by atoms with E-state index in [0.717, 1.165) is 0 Å². The number of benzene rings is 2. The molecule has 4 rings (SSSR count). The molecule has 1 N–H and O–H groups in total. The van der Waals surface area contributed by atoms with Crippen LogP contribution < -0.4 is 5.32 Å². The van der Waals surface area contributed by atoms with Crippen LogP contribution in [0.5, 0.6) is 0 Å². The minimum atomic E-state index is -0.326. The molecule has 1 aliphatic rings. The van der Waals surface area contributed by atoms with Gasteiger partial charge in [-0.3, -0.25) is 14.5 Å². The third-order valence-corrected chi connectivity index (χ3v) is 5.82. The van der Waals surface area contributed by atoms with Gasteiger partial charge in [0.2, 0.25) is 5.91 Å². The van der Waals surface area contributed by atoms with Gasteiger partial charge in [0.05, 0.1) is 40.4 Å². The van der Waals surface area contributed by atoms with Gasteiger partial charge in [-0.2, -0.15) is 5.10 Å². The largest absolute Gasteiger partial charge is 0.336 e. The molecule has 3 aromatic rings. The number of halogens is 2. The summed E-state index contributed by atoms with van der Waals surface area (Å²) in [7, 11) is 0. The third-order valence-electron chi connectivity index (χ3n) is 5.49. The Hall–Kier alpha value is -3.23. The number of hydrogen-bond donors (Lipinski definition) is 1. The molecule has 0 unspecified atom stereocenters. The average Bonchev–Trinajstić information content (AvgIpc) is 3.17. The highest BCUT2D eigenvalue weighted by Gasteiger charge is 2.26. The summed E-state index contributed by atoms with van der Waals surface area (Å²) in [6.07, 6.45) is 1.55. The number of hydrogen-bond acceptors (Lipinski definition) is 4. The number of amides is 2. The molecule has 0 radical (unpaired) electrons. The van der Waals surface area contributed by atoms with Crippen molar-refractivity contribution in [2.75, 3.05) is 38.0 Å². The summed E-state index contributed by atoms with van der Waals surface area (Å²) >= 11 is 6.09. The molecule has 0 saturated carbocycles. The van der Waals surface area contributed by atoms with E-state index in [9.17, 15) is 14.0 Å². The van der Waals surface area contributed by atoms with Crippen LogP contribution in [0.2, 0.25) is 5.02 Å². The zero-order valence-electron chi connectivity index (χ0n) is 17.6. The molecule has 32 heavy (non-hydrogen) atoms. The van der Waals surface area contributed by atoms with Crippen LogP contribution >= 0.6 is 11.6 Å². The lowest BCUT2D eigenvalue weighted by Crippen LogP contribution is -2.50.